The van der Waals surface area contributed by atoms with Crippen molar-refractivity contribution in [2.45, 2.75) is 13.3 Å². The van der Waals surface area contributed by atoms with Gasteiger partial charge in [0.25, 0.3) is 5.91 Å². The zero-order valence-electron chi connectivity index (χ0n) is 14.3. The fraction of sp³-hybridized carbons (Fsp3) is 0.150. The van der Waals surface area contributed by atoms with Crippen molar-refractivity contribution in [1.82, 2.24) is 20.3 Å². The number of rotatable bonds is 5. The van der Waals surface area contributed by atoms with E-state index in [-0.39, 0.29) is 5.91 Å². The maximum Gasteiger partial charge on any atom is 0.253 e. The Balaban J connectivity index is 1.50. The number of nitrogens with zero attached hydrogens (tertiary/aromatic N) is 2. The molecule has 4 aromatic rings. The van der Waals surface area contributed by atoms with E-state index in [9.17, 15) is 4.79 Å². The van der Waals surface area contributed by atoms with Gasteiger partial charge in [0, 0.05) is 23.7 Å². The molecule has 0 unspecified atom stereocenters. The zero-order chi connectivity index (χ0) is 17.9. The van der Waals surface area contributed by atoms with E-state index in [0.717, 1.165) is 17.8 Å². The Kier molecular flexibility index (Phi) is 4.50. The molecule has 1 aromatic carbocycles. The van der Waals surface area contributed by atoms with Crippen LogP contribution < -0.4 is 5.32 Å². The molecule has 0 fully saturated rings. The summed E-state index contributed by atoms with van der Waals surface area (Å²) in [6.45, 7) is 2.65. The van der Waals surface area contributed by atoms with Crippen LogP contribution >= 0.6 is 11.3 Å². The van der Waals surface area contributed by atoms with Crippen LogP contribution in [0.5, 0.6) is 0 Å². The number of amides is 1. The van der Waals surface area contributed by atoms with Crippen LogP contribution in [0.4, 0.5) is 0 Å². The predicted molar refractivity (Wildman–Crippen MR) is 104 cm³/mol. The third-order valence-corrected chi connectivity index (χ3v) is 4.93. The first-order valence-corrected chi connectivity index (χ1v) is 9.36. The van der Waals surface area contributed by atoms with E-state index < -0.39 is 0 Å². The summed E-state index contributed by atoms with van der Waals surface area (Å²) in [5.41, 5.74) is 5.22. The molecule has 26 heavy (non-hydrogen) atoms. The Morgan fingerprint density at radius 1 is 1.19 bits per heavy atom. The monoisotopic (exact) mass is 362 g/mol. The number of nitrogens with one attached hydrogen (secondary N) is 2. The van der Waals surface area contributed by atoms with Gasteiger partial charge < -0.3 is 10.3 Å². The lowest BCUT2D eigenvalue weighted by atomic mass is 10.1. The predicted octanol–water partition coefficient (Wildman–Crippen LogP) is 3.97. The average Bonchev–Trinajstić information content (AvgIpc) is 3.32. The molecule has 0 atom stereocenters. The van der Waals surface area contributed by atoms with Crippen LogP contribution in [0.15, 0.2) is 53.4 Å². The van der Waals surface area contributed by atoms with Crippen molar-refractivity contribution in [3.63, 3.8) is 0 Å². The summed E-state index contributed by atoms with van der Waals surface area (Å²) in [4.78, 5) is 24.6. The molecule has 0 aliphatic rings. The first-order valence-electron chi connectivity index (χ1n) is 8.42. The minimum absolute atomic E-state index is 0.120. The summed E-state index contributed by atoms with van der Waals surface area (Å²) in [6, 6.07) is 12.1. The quantitative estimate of drug-likeness (QED) is 0.564. The van der Waals surface area contributed by atoms with E-state index in [2.05, 4.69) is 51.5 Å². The summed E-state index contributed by atoms with van der Waals surface area (Å²) in [5.74, 6) is 0.610. The van der Waals surface area contributed by atoms with Crippen LogP contribution in [0.25, 0.3) is 22.6 Å². The Hall–Kier alpha value is -2.99. The lowest BCUT2D eigenvalue weighted by Gasteiger charge is -2.06. The Bertz CT molecular complexity index is 1040. The van der Waals surface area contributed by atoms with Crippen LogP contribution in [-0.2, 0) is 6.42 Å². The first-order chi connectivity index (χ1) is 12.7. The number of carbonyl (C=O) groups is 1. The second-order valence-corrected chi connectivity index (χ2v) is 6.93. The molecule has 6 heteroatoms. The fourth-order valence-electron chi connectivity index (χ4n) is 2.81. The Morgan fingerprint density at radius 2 is 2.04 bits per heavy atom. The number of benzene rings is 1. The van der Waals surface area contributed by atoms with Gasteiger partial charge in [-0.2, -0.15) is 11.3 Å². The van der Waals surface area contributed by atoms with Gasteiger partial charge in [0.15, 0.2) is 5.65 Å². The van der Waals surface area contributed by atoms with E-state index in [1.807, 2.05) is 16.8 Å². The largest absolute Gasteiger partial charge is 0.352 e. The summed E-state index contributed by atoms with van der Waals surface area (Å²) >= 11 is 1.60. The lowest BCUT2D eigenvalue weighted by molar-refractivity contribution is 0.0955. The highest BCUT2D eigenvalue weighted by molar-refractivity contribution is 7.08. The summed E-state index contributed by atoms with van der Waals surface area (Å²) in [5, 5.41) is 6.99. The van der Waals surface area contributed by atoms with Gasteiger partial charge in [0.2, 0.25) is 0 Å². The third-order valence-electron chi connectivity index (χ3n) is 4.25. The molecule has 5 nitrogen and oxygen atoms in total. The van der Waals surface area contributed by atoms with Crippen molar-refractivity contribution in [3.8, 4) is 11.4 Å². The van der Waals surface area contributed by atoms with Crippen molar-refractivity contribution in [1.29, 1.82) is 0 Å². The standard InChI is InChI=1S/C20H18N4OS/c1-13-2-4-14(5-3-13)6-9-22-20(25)16-7-10-21-19-17(16)23-18(24-19)15-8-11-26-12-15/h2-5,7-8,10-12H,6,9H2,1H3,(H,22,25)(H,21,23,24). The number of carbonyl (C=O) groups excluding carboxylic acids is 1. The summed E-state index contributed by atoms with van der Waals surface area (Å²) < 4.78 is 0. The van der Waals surface area contributed by atoms with Crippen molar-refractivity contribution < 1.29 is 4.79 Å². The molecule has 0 saturated heterocycles. The number of imidazole rings is 1. The maximum absolute atomic E-state index is 12.6. The van der Waals surface area contributed by atoms with Gasteiger partial charge in [-0.15, -0.1) is 0 Å². The number of pyridine rings is 1. The second kappa shape index (κ2) is 7.09. The molecule has 1 amide bonds. The number of hydrogen-bond acceptors (Lipinski definition) is 4. The van der Waals surface area contributed by atoms with Gasteiger partial charge in [0.1, 0.15) is 5.82 Å². The zero-order valence-corrected chi connectivity index (χ0v) is 15.1. The van der Waals surface area contributed by atoms with E-state index in [4.69, 9.17) is 0 Å². The highest BCUT2D eigenvalue weighted by Crippen LogP contribution is 2.23. The number of aromatic nitrogens is 3. The number of H-pyrrole nitrogens is 1. The van der Waals surface area contributed by atoms with E-state index in [1.54, 1.807) is 23.6 Å². The van der Waals surface area contributed by atoms with Crippen molar-refractivity contribution >= 4 is 28.4 Å². The van der Waals surface area contributed by atoms with Gasteiger partial charge in [-0.25, -0.2) is 9.97 Å². The van der Waals surface area contributed by atoms with Crippen molar-refractivity contribution in [2.75, 3.05) is 6.54 Å². The fourth-order valence-corrected chi connectivity index (χ4v) is 3.45. The molecule has 2 N–H and O–H groups in total. The number of fused-ring (bicyclic) bond motifs is 1. The number of hydrogen-bond donors (Lipinski definition) is 2. The molecular formula is C20H18N4OS. The Morgan fingerprint density at radius 3 is 2.81 bits per heavy atom. The normalized spacial score (nSPS) is 11.0. The summed E-state index contributed by atoms with van der Waals surface area (Å²) in [7, 11) is 0. The van der Waals surface area contributed by atoms with E-state index in [0.29, 0.717) is 23.3 Å². The van der Waals surface area contributed by atoms with Crippen LogP contribution in [0.2, 0.25) is 0 Å². The van der Waals surface area contributed by atoms with Gasteiger partial charge >= 0.3 is 0 Å². The number of aromatic amines is 1. The molecular weight excluding hydrogens is 344 g/mol. The first kappa shape index (κ1) is 16.5. The average molecular weight is 362 g/mol. The molecule has 0 radical (unpaired) electrons. The highest BCUT2D eigenvalue weighted by atomic mass is 32.1. The maximum atomic E-state index is 12.6. The Labute approximate surface area is 155 Å². The van der Waals surface area contributed by atoms with Crippen LogP contribution in [0, 0.1) is 6.92 Å². The minimum Gasteiger partial charge on any atom is -0.352 e. The molecule has 3 aromatic heterocycles. The van der Waals surface area contributed by atoms with Gasteiger partial charge in [-0.3, -0.25) is 4.79 Å². The van der Waals surface area contributed by atoms with Crippen LogP contribution in [0.3, 0.4) is 0 Å². The number of aryl methyl sites for hydroxylation is 1. The third kappa shape index (κ3) is 3.36. The summed E-state index contributed by atoms with van der Waals surface area (Å²) in [6.07, 6.45) is 2.42. The van der Waals surface area contributed by atoms with Crippen LogP contribution in [-0.4, -0.2) is 27.4 Å². The lowest BCUT2D eigenvalue weighted by Crippen LogP contribution is -2.26. The molecule has 0 spiro atoms. The second-order valence-electron chi connectivity index (χ2n) is 6.15. The molecule has 0 saturated carbocycles. The SMILES string of the molecule is Cc1ccc(CCNC(=O)c2ccnc3nc(-c4ccsc4)[nH]c23)cc1. The molecule has 0 aliphatic carbocycles. The minimum atomic E-state index is -0.120. The van der Waals surface area contributed by atoms with Gasteiger partial charge in [0.05, 0.1) is 11.1 Å². The number of thiophene rings is 1. The van der Waals surface area contributed by atoms with Gasteiger partial charge in [-0.1, -0.05) is 29.8 Å². The smallest absolute Gasteiger partial charge is 0.253 e. The van der Waals surface area contributed by atoms with Crippen LogP contribution in [0.1, 0.15) is 21.5 Å². The van der Waals surface area contributed by atoms with Gasteiger partial charge in [-0.05, 0) is 36.4 Å². The molecule has 0 bridgehead atoms. The van der Waals surface area contributed by atoms with E-state index in [1.165, 1.54) is 11.1 Å². The molecule has 130 valence electrons. The molecule has 3 heterocycles. The molecule has 4 rings (SSSR count). The highest BCUT2D eigenvalue weighted by Gasteiger charge is 2.15. The molecule has 0 aliphatic heterocycles. The van der Waals surface area contributed by atoms with Crippen molar-refractivity contribution in [3.05, 3.63) is 70.0 Å². The van der Waals surface area contributed by atoms with E-state index >= 15 is 0 Å². The van der Waals surface area contributed by atoms with Crippen molar-refractivity contribution in [2.24, 2.45) is 0 Å². The topological polar surface area (TPSA) is 70.7 Å².